The van der Waals surface area contributed by atoms with E-state index in [0.29, 0.717) is 11.5 Å². The zero-order valence-electron chi connectivity index (χ0n) is 23.9. The summed E-state index contributed by atoms with van der Waals surface area (Å²) in [5.41, 5.74) is 4.33. The normalized spacial score (nSPS) is 11.0. The van der Waals surface area contributed by atoms with Crippen LogP contribution in [0, 0.1) is 6.92 Å². The molecule has 1 unspecified atom stereocenters. The smallest absolute Gasteiger partial charge is 0.282 e. The summed E-state index contributed by atoms with van der Waals surface area (Å²) >= 11 is 1.58. The van der Waals surface area contributed by atoms with Crippen molar-refractivity contribution in [1.29, 1.82) is 0 Å². The van der Waals surface area contributed by atoms with Crippen molar-refractivity contribution in [1.82, 2.24) is 0 Å². The fourth-order valence-electron chi connectivity index (χ4n) is 4.61. The molecule has 0 bridgehead atoms. The molecule has 5 aromatic carbocycles. The number of rotatable bonds is 6. The van der Waals surface area contributed by atoms with E-state index in [1.807, 2.05) is 61.5 Å². The molecular weight excluding hydrogens is 627 g/mol. The Bertz CT molecular complexity index is 1790. The Morgan fingerprint density at radius 1 is 0.698 bits per heavy atom. The summed E-state index contributed by atoms with van der Waals surface area (Å²) in [7, 11) is -4.02. The number of ether oxygens (including phenoxy) is 2. The Balaban J connectivity index is 0.000000324. The molecule has 0 aromatic heterocycles. The van der Waals surface area contributed by atoms with Crippen molar-refractivity contribution < 1.29 is 32.0 Å². The monoisotopic (exact) mass is 658 g/mol. The number of hydrogen-bond donors (Lipinski definition) is 1. The predicted octanol–water partition coefficient (Wildman–Crippen LogP) is 5.37. The van der Waals surface area contributed by atoms with Crippen molar-refractivity contribution in [3.05, 3.63) is 131 Å². The van der Waals surface area contributed by atoms with Crippen molar-refractivity contribution in [2.24, 2.45) is 0 Å². The first-order valence-electron chi connectivity index (χ1n) is 13.3. The van der Waals surface area contributed by atoms with Gasteiger partial charge in [-0.15, -0.1) is 0 Å². The summed E-state index contributed by atoms with van der Waals surface area (Å²) in [6, 6.07) is 33.9. The van der Waals surface area contributed by atoms with Crippen LogP contribution in [0.1, 0.15) is 42.0 Å². The number of aryl methyl sites for hydroxylation is 1. The molecule has 1 N–H and O–H groups in total. The first-order chi connectivity index (χ1) is 20.4. The summed E-state index contributed by atoms with van der Waals surface area (Å²) < 4.78 is 41.2. The second-order valence-corrected chi connectivity index (χ2v) is 12.5. The third kappa shape index (κ3) is 8.42. The number of fused-ring (bicyclic) bond motifs is 1. The minimum atomic E-state index is -4.02. The summed E-state index contributed by atoms with van der Waals surface area (Å²) in [5.74, 6) is 0.320. The van der Waals surface area contributed by atoms with Crippen LogP contribution in [0.2, 0.25) is 0 Å². The van der Waals surface area contributed by atoms with E-state index in [1.54, 1.807) is 29.0 Å². The molecule has 0 amide bonds. The van der Waals surface area contributed by atoms with E-state index in [4.69, 9.17) is 14.0 Å². The van der Waals surface area contributed by atoms with Gasteiger partial charge >= 0.3 is 196 Å². The van der Waals surface area contributed by atoms with Crippen LogP contribution in [0.15, 0.2) is 114 Å². The van der Waals surface area contributed by atoms with Crippen LogP contribution in [-0.4, -0.2) is 41.8 Å². The molecule has 220 valence electrons. The minimum absolute atomic E-state index is 0.0285. The van der Waals surface area contributed by atoms with Crippen LogP contribution in [0.3, 0.4) is 0 Å². The van der Waals surface area contributed by atoms with Crippen LogP contribution in [0.5, 0.6) is 11.5 Å². The van der Waals surface area contributed by atoms with Gasteiger partial charge in [-0.2, -0.15) is 8.42 Å². The summed E-state index contributed by atoms with van der Waals surface area (Å²) in [4.78, 5) is 22.5. The molecule has 0 aliphatic rings. The molecule has 0 saturated carbocycles. The van der Waals surface area contributed by atoms with Gasteiger partial charge in [0.2, 0.25) is 0 Å². The molecule has 0 aliphatic carbocycles. The molecule has 5 rings (SSSR count). The Morgan fingerprint density at radius 2 is 1.19 bits per heavy atom. The zero-order chi connectivity index (χ0) is 31.1. The molecule has 0 saturated heterocycles. The number of esters is 2. The molecule has 0 heterocycles. The van der Waals surface area contributed by atoms with Crippen LogP contribution < -0.4 is 13.8 Å². The predicted molar refractivity (Wildman–Crippen MR) is 170 cm³/mol. The maximum Gasteiger partial charge on any atom is 0.294 e. The summed E-state index contributed by atoms with van der Waals surface area (Å²) in [5, 5.41) is 2.45. The molecule has 43 heavy (non-hydrogen) atoms. The van der Waals surface area contributed by atoms with E-state index in [1.165, 1.54) is 46.7 Å². The molecule has 5 aromatic rings. The van der Waals surface area contributed by atoms with Crippen LogP contribution >= 0.6 is 0 Å². The first-order valence-corrected chi connectivity index (χ1v) is 16.0. The second-order valence-electron chi connectivity index (χ2n) is 9.84. The van der Waals surface area contributed by atoms with E-state index in [9.17, 15) is 18.0 Å². The molecule has 0 aliphatic heterocycles. The quantitative estimate of drug-likeness (QED) is 0.0860. The average molecular weight is 659 g/mol. The van der Waals surface area contributed by atoms with Crippen LogP contribution in [0.25, 0.3) is 10.8 Å². The van der Waals surface area contributed by atoms with Crippen molar-refractivity contribution in [2.75, 3.05) is 0 Å². The van der Waals surface area contributed by atoms with Gasteiger partial charge in [0.15, 0.2) is 0 Å². The van der Waals surface area contributed by atoms with Crippen LogP contribution in [0.4, 0.5) is 0 Å². The van der Waals surface area contributed by atoms with Crippen LogP contribution in [-0.2, 0) is 19.7 Å². The van der Waals surface area contributed by atoms with Crippen molar-refractivity contribution >= 4 is 54.0 Å². The van der Waals surface area contributed by atoms with Gasteiger partial charge in [0.05, 0.1) is 4.90 Å². The Morgan fingerprint density at radius 3 is 1.65 bits per heavy atom. The molecule has 7 nitrogen and oxygen atoms in total. The van der Waals surface area contributed by atoms with E-state index in [0.717, 1.165) is 16.7 Å². The fraction of sp³-hybridized carbons (Fsp3) is 0.118. The van der Waals surface area contributed by atoms with Crippen molar-refractivity contribution in [2.45, 2.75) is 31.6 Å². The van der Waals surface area contributed by atoms with Gasteiger partial charge in [-0.3, -0.25) is 4.55 Å². The standard InChI is InChI=1S/C27H23AsO4.C7H8O3S/c1-17(29)31-22-12-7-20(8-13-22)26(21-9-14-23(15-10-21)32-18(2)30)25-16-11-19-5-3-4-6-24(19)27(25)28;1-6-2-4-7(5-3-6)11(8,9)10/h3-16,26H,28H2,1-2H3;2-5H,1H3,(H,8,9,10). The van der Waals surface area contributed by atoms with E-state index in [-0.39, 0.29) is 22.8 Å². The van der Waals surface area contributed by atoms with Gasteiger partial charge in [0.1, 0.15) is 0 Å². The number of benzene rings is 5. The largest absolute Gasteiger partial charge is 0.294 e. The van der Waals surface area contributed by atoms with Gasteiger partial charge in [-0.1, -0.05) is 17.7 Å². The number of carbonyl (C=O) groups excluding carboxylic acids is 2. The Labute approximate surface area is 259 Å². The third-order valence-corrected chi connectivity index (χ3v) is 8.80. The minimum Gasteiger partial charge on any atom is -0.282 e. The van der Waals surface area contributed by atoms with E-state index in [2.05, 4.69) is 30.3 Å². The van der Waals surface area contributed by atoms with E-state index >= 15 is 0 Å². The van der Waals surface area contributed by atoms with Crippen molar-refractivity contribution in [3.63, 3.8) is 0 Å². The van der Waals surface area contributed by atoms with Gasteiger partial charge in [0.25, 0.3) is 10.1 Å². The maximum absolute atomic E-state index is 11.3. The molecule has 0 fully saturated rings. The molecule has 0 radical (unpaired) electrons. The number of hydrogen-bond acceptors (Lipinski definition) is 6. The topological polar surface area (TPSA) is 107 Å². The van der Waals surface area contributed by atoms with E-state index < -0.39 is 10.1 Å². The summed E-state index contributed by atoms with van der Waals surface area (Å²) in [6.45, 7) is 4.62. The SMILES string of the molecule is CC(=O)Oc1ccc(C(c2ccc(OC(C)=O)cc2)c2ccc3ccccc3c2[AsH2])cc1.Cc1ccc(S(=O)(=O)O)cc1. The molecular formula is C34H31AsO7S. The fourth-order valence-corrected chi connectivity index (χ4v) is 6.20. The Kier molecular flexibility index (Phi) is 10.2. The van der Waals surface area contributed by atoms with Gasteiger partial charge < -0.3 is 0 Å². The van der Waals surface area contributed by atoms with Gasteiger partial charge in [-0.05, 0) is 19.1 Å². The van der Waals surface area contributed by atoms with Gasteiger partial charge in [-0.25, -0.2) is 0 Å². The van der Waals surface area contributed by atoms with Crippen molar-refractivity contribution in [3.8, 4) is 11.5 Å². The maximum atomic E-state index is 11.3. The summed E-state index contributed by atoms with van der Waals surface area (Å²) in [6.07, 6.45) is 0. The van der Waals surface area contributed by atoms with Gasteiger partial charge in [0, 0.05) is 0 Å². The molecule has 0 spiro atoms. The average Bonchev–Trinajstić information content (AvgIpc) is 2.96. The molecule has 1 atom stereocenters. The zero-order valence-corrected chi connectivity index (χ0v) is 27.1. The first kappa shape index (κ1) is 31.7. The Hall–Kier alpha value is -4.23. The third-order valence-electron chi connectivity index (χ3n) is 6.58. The molecule has 9 heteroatoms. The second kappa shape index (κ2) is 13.8. The number of carbonyl (C=O) groups is 2.